The minimum atomic E-state index is 0.103. The Balaban J connectivity index is 1.57. The van der Waals surface area contributed by atoms with Crippen molar-refractivity contribution in [3.05, 3.63) is 39.6 Å². The number of aryl methyl sites for hydroxylation is 1. The van der Waals surface area contributed by atoms with Crippen LogP contribution in [0.4, 0.5) is 0 Å². The summed E-state index contributed by atoms with van der Waals surface area (Å²) in [6.45, 7) is 3.80. The van der Waals surface area contributed by atoms with Gasteiger partial charge in [-0.05, 0) is 62.4 Å². The predicted octanol–water partition coefficient (Wildman–Crippen LogP) is 5.22. The zero-order valence-corrected chi connectivity index (χ0v) is 20.0. The van der Waals surface area contributed by atoms with Gasteiger partial charge in [-0.15, -0.1) is 11.3 Å². The van der Waals surface area contributed by atoms with Gasteiger partial charge in [-0.3, -0.25) is 4.79 Å². The third-order valence-corrected chi connectivity index (χ3v) is 7.28. The molecular formula is C25H33NO5S. The molecule has 1 aliphatic heterocycles. The lowest BCUT2D eigenvalue weighted by Gasteiger charge is -2.29. The lowest BCUT2D eigenvalue weighted by atomic mass is 10.1. The van der Waals surface area contributed by atoms with Crippen LogP contribution in [-0.2, 0) is 11.3 Å². The van der Waals surface area contributed by atoms with E-state index in [9.17, 15) is 4.79 Å². The zero-order valence-electron chi connectivity index (χ0n) is 19.2. The molecule has 1 atom stereocenters. The lowest BCUT2D eigenvalue weighted by Crippen LogP contribution is -2.38. The van der Waals surface area contributed by atoms with Gasteiger partial charge in [0, 0.05) is 24.1 Å². The van der Waals surface area contributed by atoms with E-state index in [2.05, 4.69) is 0 Å². The number of methoxy groups -OCH3 is 2. The number of hydrogen-bond acceptors (Lipinski definition) is 6. The fourth-order valence-corrected chi connectivity index (χ4v) is 5.41. The van der Waals surface area contributed by atoms with Gasteiger partial charge in [0.05, 0.1) is 25.2 Å². The van der Waals surface area contributed by atoms with E-state index in [1.807, 2.05) is 36.1 Å². The molecule has 1 aliphatic carbocycles. The molecule has 32 heavy (non-hydrogen) atoms. The molecule has 2 aromatic rings. The molecule has 174 valence electrons. The van der Waals surface area contributed by atoms with Crippen LogP contribution in [0.15, 0.2) is 24.3 Å². The van der Waals surface area contributed by atoms with Crippen LogP contribution >= 0.6 is 11.3 Å². The van der Waals surface area contributed by atoms with Gasteiger partial charge >= 0.3 is 0 Å². The highest BCUT2D eigenvalue weighted by Gasteiger charge is 2.29. The van der Waals surface area contributed by atoms with Crippen molar-refractivity contribution < 1.29 is 23.7 Å². The lowest BCUT2D eigenvalue weighted by molar-refractivity contribution is 0.0653. The van der Waals surface area contributed by atoms with Crippen molar-refractivity contribution in [2.24, 2.45) is 0 Å². The van der Waals surface area contributed by atoms with E-state index < -0.39 is 0 Å². The summed E-state index contributed by atoms with van der Waals surface area (Å²) in [5.74, 6) is 1.92. The molecule has 2 heterocycles. The smallest absolute Gasteiger partial charge is 0.264 e. The molecule has 4 rings (SSSR count). The second-order valence-electron chi connectivity index (χ2n) is 8.56. The summed E-state index contributed by atoms with van der Waals surface area (Å²) in [4.78, 5) is 17.4. The summed E-state index contributed by atoms with van der Waals surface area (Å²) >= 11 is 1.56. The fraction of sp³-hybridized carbons (Fsp3) is 0.560. The first-order valence-electron chi connectivity index (χ1n) is 11.5. The van der Waals surface area contributed by atoms with Gasteiger partial charge < -0.3 is 23.8 Å². The van der Waals surface area contributed by atoms with Crippen LogP contribution in [0.5, 0.6) is 17.2 Å². The highest BCUT2D eigenvalue weighted by atomic mass is 32.1. The van der Waals surface area contributed by atoms with Gasteiger partial charge in [-0.25, -0.2) is 0 Å². The molecule has 0 bridgehead atoms. The van der Waals surface area contributed by atoms with E-state index in [1.165, 1.54) is 12.8 Å². The molecule has 1 amide bonds. The molecule has 0 unspecified atom stereocenters. The maximum absolute atomic E-state index is 13.4. The van der Waals surface area contributed by atoms with Crippen LogP contribution in [0, 0.1) is 6.92 Å². The maximum atomic E-state index is 13.4. The van der Waals surface area contributed by atoms with Crippen LogP contribution in [0.2, 0.25) is 0 Å². The molecule has 0 N–H and O–H groups in total. The minimum Gasteiger partial charge on any atom is -0.493 e. The quantitative estimate of drug-likeness (QED) is 0.515. The Morgan fingerprint density at radius 3 is 2.38 bits per heavy atom. The summed E-state index contributed by atoms with van der Waals surface area (Å²) in [6.07, 6.45) is 6.61. The van der Waals surface area contributed by atoms with Crippen molar-refractivity contribution in [3.63, 3.8) is 0 Å². The molecule has 1 saturated carbocycles. The first-order valence-corrected chi connectivity index (χ1v) is 12.3. The number of nitrogens with zero attached hydrogens (tertiary/aromatic N) is 1. The van der Waals surface area contributed by atoms with E-state index in [4.69, 9.17) is 18.9 Å². The monoisotopic (exact) mass is 459 g/mol. The molecule has 1 saturated heterocycles. The Labute approximate surface area is 194 Å². The molecule has 1 aromatic heterocycles. The average molecular weight is 460 g/mol. The summed E-state index contributed by atoms with van der Waals surface area (Å²) in [7, 11) is 3.26. The maximum Gasteiger partial charge on any atom is 0.264 e. The van der Waals surface area contributed by atoms with Crippen molar-refractivity contribution in [3.8, 4) is 17.2 Å². The van der Waals surface area contributed by atoms with Crippen molar-refractivity contribution in [1.82, 2.24) is 4.90 Å². The Morgan fingerprint density at radius 2 is 1.81 bits per heavy atom. The molecule has 2 aliphatic rings. The number of rotatable bonds is 9. The van der Waals surface area contributed by atoms with E-state index >= 15 is 0 Å². The summed E-state index contributed by atoms with van der Waals surface area (Å²) in [5.41, 5.74) is 0.969. The van der Waals surface area contributed by atoms with E-state index in [1.54, 1.807) is 25.6 Å². The zero-order chi connectivity index (χ0) is 22.5. The highest BCUT2D eigenvalue weighted by Crippen LogP contribution is 2.40. The summed E-state index contributed by atoms with van der Waals surface area (Å²) in [5, 5.41) is 0. The SMILES string of the molecule is COc1cc(CN(C(=O)c2ccc(C)s2)C2CCCC2)cc(OC)c1OC[C@H]1CCCO1. The predicted molar refractivity (Wildman–Crippen MR) is 125 cm³/mol. The molecule has 2 fully saturated rings. The fourth-order valence-electron chi connectivity index (χ4n) is 4.59. The largest absolute Gasteiger partial charge is 0.493 e. The number of benzene rings is 1. The number of amides is 1. The van der Waals surface area contributed by atoms with Gasteiger partial charge in [-0.1, -0.05) is 12.8 Å². The second-order valence-corrected chi connectivity index (χ2v) is 9.85. The van der Waals surface area contributed by atoms with Crippen molar-refractivity contribution in [1.29, 1.82) is 0 Å². The van der Waals surface area contributed by atoms with Gasteiger partial charge in [-0.2, -0.15) is 0 Å². The Bertz CT molecular complexity index is 890. The van der Waals surface area contributed by atoms with Crippen LogP contribution < -0.4 is 14.2 Å². The summed E-state index contributed by atoms with van der Waals surface area (Å²) in [6, 6.07) is 8.13. The molecule has 7 heteroatoms. The third-order valence-electron chi connectivity index (χ3n) is 6.29. The average Bonchev–Trinajstić information content (AvgIpc) is 3.58. The topological polar surface area (TPSA) is 57.2 Å². The molecular weight excluding hydrogens is 426 g/mol. The van der Waals surface area contributed by atoms with Crippen LogP contribution in [-0.4, -0.2) is 50.4 Å². The highest BCUT2D eigenvalue weighted by molar-refractivity contribution is 7.13. The molecule has 0 radical (unpaired) electrons. The number of thiophene rings is 1. The van der Waals surface area contributed by atoms with E-state index in [0.29, 0.717) is 30.4 Å². The molecule has 0 spiro atoms. The Morgan fingerprint density at radius 1 is 1.09 bits per heavy atom. The summed E-state index contributed by atoms with van der Waals surface area (Å²) < 4.78 is 23.0. The van der Waals surface area contributed by atoms with Crippen LogP contribution in [0.25, 0.3) is 0 Å². The Hall–Kier alpha value is -2.25. The normalized spacial score (nSPS) is 18.7. The van der Waals surface area contributed by atoms with Crippen LogP contribution in [0.1, 0.15) is 58.6 Å². The first kappa shape index (κ1) is 22.9. The minimum absolute atomic E-state index is 0.103. The van der Waals surface area contributed by atoms with Crippen LogP contribution in [0.3, 0.4) is 0 Å². The van der Waals surface area contributed by atoms with Gasteiger partial charge in [0.25, 0.3) is 5.91 Å². The van der Waals surface area contributed by atoms with E-state index in [0.717, 1.165) is 47.6 Å². The van der Waals surface area contributed by atoms with E-state index in [-0.39, 0.29) is 18.1 Å². The van der Waals surface area contributed by atoms with Crippen molar-refractivity contribution >= 4 is 17.2 Å². The van der Waals surface area contributed by atoms with Gasteiger partial charge in [0.15, 0.2) is 11.5 Å². The number of carbonyl (C=O) groups excluding carboxylic acids is 1. The molecule has 1 aromatic carbocycles. The third kappa shape index (κ3) is 5.21. The number of ether oxygens (including phenoxy) is 4. The van der Waals surface area contributed by atoms with Crippen molar-refractivity contribution in [2.75, 3.05) is 27.4 Å². The van der Waals surface area contributed by atoms with Gasteiger partial charge in [0.1, 0.15) is 6.61 Å². The number of hydrogen-bond donors (Lipinski definition) is 0. The second kappa shape index (κ2) is 10.6. The van der Waals surface area contributed by atoms with Crippen molar-refractivity contribution in [2.45, 2.75) is 64.1 Å². The number of carbonyl (C=O) groups is 1. The standard InChI is InChI=1S/C25H33NO5S/c1-17-10-11-23(32-17)25(27)26(19-7-4-5-8-19)15-18-13-21(28-2)24(22(14-18)29-3)31-16-20-9-6-12-30-20/h10-11,13-14,19-20H,4-9,12,15-16H2,1-3H3/t20-/m1/s1. The Kier molecular flexibility index (Phi) is 7.58. The first-order chi connectivity index (χ1) is 15.6. The van der Waals surface area contributed by atoms with Gasteiger partial charge in [0.2, 0.25) is 5.75 Å². The molecule has 6 nitrogen and oxygen atoms in total.